The molecule has 1 aromatic rings. The van der Waals surface area contributed by atoms with Gasteiger partial charge in [-0.3, -0.25) is 0 Å². The maximum atomic E-state index is 9.97. The van der Waals surface area contributed by atoms with Crippen LogP contribution < -0.4 is 10.1 Å². The van der Waals surface area contributed by atoms with Crippen LogP contribution >= 0.6 is 0 Å². The van der Waals surface area contributed by atoms with Gasteiger partial charge in [-0.15, -0.1) is 0 Å². The Hall–Kier alpha value is -1.10. The average molecular weight is 309 g/mol. The molecule has 2 atom stereocenters. The summed E-state index contributed by atoms with van der Waals surface area (Å²) in [5.41, 5.74) is 2.51. The molecule has 4 heteroatoms. The average Bonchev–Trinajstić information content (AvgIpc) is 2.43. The van der Waals surface area contributed by atoms with Crippen LogP contribution in [0.1, 0.15) is 38.8 Å². The van der Waals surface area contributed by atoms with E-state index in [1.165, 1.54) is 5.56 Å². The van der Waals surface area contributed by atoms with Gasteiger partial charge in [0.15, 0.2) is 0 Å². The maximum absolute atomic E-state index is 9.97. The van der Waals surface area contributed by atoms with Crippen LogP contribution in [0, 0.1) is 6.92 Å². The van der Waals surface area contributed by atoms with Gasteiger partial charge in [-0.2, -0.15) is 0 Å². The van der Waals surface area contributed by atoms with Gasteiger partial charge < -0.3 is 19.9 Å². The molecule has 126 valence electrons. The molecule has 0 saturated carbocycles. The Labute approximate surface area is 134 Å². The van der Waals surface area contributed by atoms with E-state index < -0.39 is 6.10 Å². The van der Waals surface area contributed by atoms with Gasteiger partial charge in [0, 0.05) is 19.7 Å². The minimum Gasteiger partial charge on any atom is -0.491 e. The molecule has 22 heavy (non-hydrogen) atoms. The second-order valence-corrected chi connectivity index (χ2v) is 6.96. The molecule has 0 radical (unpaired) electrons. The molecule has 1 aromatic carbocycles. The smallest absolute Gasteiger partial charge is 0.122 e. The number of ether oxygens (including phenoxy) is 2. The van der Waals surface area contributed by atoms with Crippen LogP contribution in [0.25, 0.3) is 0 Å². The fraction of sp³-hybridized carbons (Fsp3) is 0.667. The maximum Gasteiger partial charge on any atom is 0.122 e. The number of rotatable bonds is 8. The molecule has 0 bridgehead atoms. The van der Waals surface area contributed by atoms with Crippen molar-refractivity contribution in [3.63, 3.8) is 0 Å². The molecule has 0 spiro atoms. The number of hydrogen-bond donors (Lipinski definition) is 2. The molecule has 0 aromatic heterocycles. The molecule has 2 N–H and O–H groups in total. The molecule has 0 fully saturated rings. The lowest BCUT2D eigenvalue weighted by Crippen LogP contribution is -2.38. The number of methoxy groups -OCH3 is 1. The van der Waals surface area contributed by atoms with Crippen molar-refractivity contribution in [1.29, 1.82) is 0 Å². The predicted octanol–water partition coefficient (Wildman–Crippen LogP) is 2.66. The molecule has 0 saturated heterocycles. The van der Waals surface area contributed by atoms with Crippen molar-refractivity contribution in [2.75, 3.05) is 26.9 Å². The van der Waals surface area contributed by atoms with Crippen molar-refractivity contribution in [1.82, 2.24) is 5.32 Å². The highest BCUT2D eigenvalue weighted by molar-refractivity contribution is 5.38. The summed E-state index contributed by atoms with van der Waals surface area (Å²) in [6.45, 7) is 12.0. The summed E-state index contributed by atoms with van der Waals surface area (Å²) in [5, 5.41) is 13.2. The molecule has 0 aliphatic carbocycles. The van der Waals surface area contributed by atoms with Crippen molar-refractivity contribution in [2.45, 2.75) is 52.2 Å². The summed E-state index contributed by atoms with van der Waals surface area (Å²) < 4.78 is 10.8. The van der Waals surface area contributed by atoms with Crippen molar-refractivity contribution in [3.05, 3.63) is 29.3 Å². The number of benzene rings is 1. The Balaban J connectivity index is 2.47. The van der Waals surface area contributed by atoms with E-state index in [2.05, 4.69) is 38.2 Å². The third-order valence-corrected chi connectivity index (χ3v) is 3.59. The fourth-order valence-corrected chi connectivity index (χ4v) is 2.17. The van der Waals surface area contributed by atoms with Crippen molar-refractivity contribution in [2.24, 2.45) is 0 Å². The van der Waals surface area contributed by atoms with Gasteiger partial charge in [0.05, 0.1) is 6.61 Å². The van der Waals surface area contributed by atoms with E-state index >= 15 is 0 Å². The van der Waals surface area contributed by atoms with Crippen LogP contribution in [0.2, 0.25) is 0 Å². The Morgan fingerprint density at radius 3 is 2.45 bits per heavy atom. The second kappa shape index (κ2) is 8.51. The number of hydrogen-bond acceptors (Lipinski definition) is 4. The quantitative estimate of drug-likeness (QED) is 0.775. The lowest BCUT2D eigenvalue weighted by atomic mass is 9.86. The van der Waals surface area contributed by atoms with Gasteiger partial charge in [0.25, 0.3) is 0 Å². The highest BCUT2D eigenvalue weighted by atomic mass is 16.5. The van der Waals surface area contributed by atoms with Gasteiger partial charge in [-0.05, 0) is 36.5 Å². The topological polar surface area (TPSA) is 50.7 Å². The molecule has 4 nitrogen and oxygen atoms in total. The molecule has 0 aliphatic rings. The largest absolute Gasteiger partial charge is 0.491 e. The van der Waals surface area contributed by atoms with Crippen LogP contribution in [0.3, 0.4) is 0 Å². The van der Waals surface area contributed by atoms with E-state index in [9.17, 15) is 5.11 Å². The minimum absolute atomic E-state index is 0.129. The minimum atomic E-state index is -0.541. The second-order valence-electron chi connectivity index (χ2n) is 6.96. The first kappa shape index (κ1) is 18.9. The molecule has 0 amide bonds. The zero-order valence-corrected chi connectivity index (χ0v) is 14.8. The van der Waals surface area contributed by atoms with E-state index in [1.54, 1.807) is 7.11 Å². The van der Waals surface area contributed by atoms with Crippen LogP contribution in [0.4, 0.5) is 0 Å². The van der Waals surface area contributed by atoms with Gasteiger partial charge >= 0.3 is 0 Å². The number of aliphatic hydroxyl groups is 1. The number of nitrogens with one attached hydrogen (secondary N) is 1. The standard InChI is InChI=1S/C18H31NO3/c1-13-9-15(18(3,4)5)7-8-17(13)22-12-16(20)10-19-14(2)11-21-6/h7-9,14,16,19-20H,10-12H2,1-6H3/t14-,16+/m0/s1. The summed E-state index contributed by atoms with van der Waals surface area (Å²) in [7, 11) is 1.67. The molecule has 0 heterocycles. The summed E-state index contributed by atoms with van der Waals surface area (Å²) in [6, 6.07) is 6.45. The summed E-state index contributed by atoms with van der Waals surface area (Å²) in [4.78, 5) is 0. The van der Waals surface area contributed by atoms with Gasteiger partial charge in [0.2, 0.25) is 0 Å². The normalized spacial score (nSPS) is 14.7. The SMILES string of the molecule is COC[C@H](C)NC[C@@H](O)COc1ccc(C(C)(C)C)cc1C. The fourth-order valence-electron chi connectivity index (χ4n) is 2.17. The van der Waals surface area contributed by atoms with Gasteiger partial charge in [-0.25, -0.2) is 0 Å². The van der Waals surface area contributed by atoms with Crippen LogP contribution in [-0.4, -0.2) is 44.1 Å². The van der Waals surface area contributed by atoms with Crippen LogP contribution in [-0.2, 0) is 10.2 Å². The zero-order valence-electron chi connectivity index (χ0n) is 14.8. The molecular weight excluding hydrogens is 278 g/mol. The zero-order chi connectivity index (χ0) is 16.8. The summed E-state index contributed by atoms with van der Waals surface area (Å²) in [5.74, 6) is 0.831. The van der Waals surface area contributed by atoms with Gasteiger partial charge in [0.1, 0.15) is 18.5 Å². The summed E-state index contributed by atoms with van der Waals surface area (Å²) >= 11 is 0. The Morgan fingerprint density at radius 1 is 1.23 bits per heavy atom. The van der Waals surface area contributed by atoms with Crippen molar-refractivity contribution in [3.8, 4) is 5.75 Å². The van der Waals surface area contributed by atoms with E-state index in [-0.39, 0.29) is 18.1 Å². The van der Waals surface area contributed by atoms with E-state index in [1.807, 2.05) is 19.9 Å². The summed E-state index contributed by atoms with van der Waals surface area (Å²) in [6.07, 6.45) is -0.541. The predicted molar refractivity (Wildman–Crippen MR) is 90.7 cm³/mol. The van der Waals surface area contributed by atoms with E-state index in [0.29, 0.717) is 13.2 Å². The lowest BCUT2D eigenvalue weighted by molar-refractivity contribution is 0.0970. The molecule has 0 aliphatic heterocycles. The Kier molecular flexibility index (Phi) is 7.33. The molecule has 1 rings (SSSR count). The number of aryl methyl sites for hydroxylation is 1. The van der Waals surface area contributed by atoms with E-state index in [4.69, 9.17) is 9.47 Å². The monoisotopic (exact) mass is 309 g/mol. The Bertz CT molecular complexity index is 454. The van der Waals surface area contributed by atoms with Crippen molar-refractivity contribution < 1.29 is 14.6 Å². The Morgan fingerprint density at radius 2 is 1.91 bits per heavy atom. The van der Waals surface area contributed by atoms with E-state index in [0.717, 1.165) is 11.3 Å². The third kappa shape index (κ3) is 6.34. The van der Waals surface area contributed by atoms with Gasteiger partial charge in [-0.1, -0.05) is 32.9 Å². The highest BCUT2D eigenvalue weighted by Crippen LogP contribution is 2.27. The first-order valence-electron chi connectivity index (χ1n) is 7.88. The first-order chi connectivity index (χ1) is 10.2. The third-order valence-electron chi connectivity index (χ3n) is 3.59. The number of aliphatic hydroxyl groups excluding tert-OH is 1. The van der Waals surface area contributed by atoms with Crippen molar-refractivity contribution >= 4 is 0 Å². The lowest BCUT2D eigenvalue weighted by Gasteiger charge is -2.21. The first-order valence-corrected chi connectivity index (χ1v) is 7.88. The van der Waals surface area contributed by atoms with Crippen LogP contribution in [0.5, 0.6) is 5.75 Å². The molecule has 0 unspecified atom stereocenters. The van der Waals surface area contributed by atoms with Crippen LogP contribution in [0.15, 0.2) is 18.2 Å². The molecular formula is C18H31NO3. The highest BCUT2D eigenvalue weighted by Gasteiger charge is 2.15.